The van der Waals surface area contributed by atoms with Crippen LogP contribution in [0.25, 0.3) is 0 Å². The molecule has 0 bridgehead atoms. The first-order valence-corrected chi connectivity index (χ1v) is 36.7. The summed E-state index contributed by atoms with van der Waals surface area (Å²) in [4.78, 5) is 12.7. The highest BCUT2D eigenvalue weighted by Crippen LogP contribution is 2.55. The molecule has 6 aliphatic carbocycles. The number of esters is 1. The molecule has 9 rings (SSSR count). The van der Waals surface area contributed by atoms with Gasteiger partial charge in [-0.3, -0.25) is 4.79 Å². The number of hydrogen-bond donors (Lipinski definition) is 0. The van der Waals surface area contributed by atoms with Crippen LogP contribution in [0.15, 0.2) is 36.4 Å². The Balaban J connectivity index is 0.000000216. The molecule has 0 atom stereocenters. The van der Waals surface area contributed by atoms with Gasteiger partial charge in [-0.25, -0.2) is 0 Å². The van der Waals surface area contributed by atoms with Crippen molar-refractivity contribution in [3.8, 4) is 34.5 Å². The van der Waals surface area contributed by atoms with E-state index < -0.39 is 129 Å². The second-order valence-electron chi connectivity index (χ2n) is 29.1. The van der Waals surface area contributed by atoms with E-state index in [1.165, 1.54) is 83.5 Å². The van der Waals surface area contributed by atoms with Crippen LogP contribution in [0.1, 0.15) is 247 Å². The van der Waals surface area contributed by atoms with Gasteiger partial charge >= 0.3 is 49.1 Å². The van der Waals surface area contributed by atoms with Crippen molar-refractivity contribution in [2.75, 3.05) is 21.3 Å². The lowest BCUT2D eigenvalue weighted by Crippen LogP contribution is -2.39. The largest absolute Gasteiger partial charge is 0.496 e. The molecule has 6 saturated carbocycles. The monoisotopic (exact) mass is 1520 g/mol. The summed E-state index contributed by atoms with van der Waals surface area (Å²) >= 11 is 5.27. The summed E-state index contributed by atoms with van der Waals surface area (Å²) in [5.41, 5.74) is -12.3. The number of methoxy groups -OCH3 is 3. The fraction of sp³-hybridized carbons (Fsp3) is 0.733. The quantitative estimate of drug-likeness (QED) is 0.0509. The van der Waals surface area contributed by atoms with Gasteiger partial charge in [0.15, 0.2) is 5.05 Å². The van der Waals surface area contributed by atoms with Gasteiger partial charge in [-0.2, -0.15) is 87.8 Å². The smallest absolute Gasteiger partial charge is 0.420 e. The first kappa shape index (κ1) is 85.1. The molecule has 0 heterocycles. The molecule has 28 heteroatoms. The molecular formula is C75H96F20O7S. The maximum Gasteiger partial charge on any atom is 0.420 e. The SMILES string of the molecule is CCCC1CCC(C2CCC(C(=O)Oc3ccc(OC)c(C(F)(F)F)c3C(F)(F)F)CC2)CC1.CCCC1CCC(C2CCC(C(=S)Oc3ccc(OC)c(C(F)(F)F)c3C(F)(F)F)CC2)CC1.CCCC1CCC(C2CCC(C(F)(F)Oc3ccc(OC)c(C(F)(F)F)c3C(F)(F)F)CC2)CC1. The average Bonchev–Trinajstić information content (AvgIpc) is 0.770. The summed E-state index contributed by atoms with van der Waals surface area (Å²) < 4.78 is 302. The Morgan fingerprint density at radius 3 is 0.845 bits per heavy atom. The molecule has 0 spiro atoms. The zero-order valence-electron chi connectivity index (χ0n) is 58.9. The van der Waals surface area contributed by atoms with Crippen molar-refractivity contribution in [3.05, 3.63) is 69.8 Å². The Hall–Kier alpha value is -5.18. The maximum atomic E-state index is 15.0. The molecule has 0 unspecified atom stereocenters. The molecule has 0 radical (unpaired) electrons. The van der Waals surface area contributed by atoms with Crippen molar-refractivity contribution in [2.45, 2.75) is 257 Å². The van der Waals surface area contributed by atoms with Gasteiger partial charge in [0.25, 0.3) is 0 Å². The highest BCUT2D eigenvalue weighted by atomic mass is 32.1. The lowest BCUT2D eigenvalue weighted by molar-refractivity contribution is -0.228. The summed E-state index contributed by atoms with van der Waals surface area (Å²) in [6, 6.07) is 4.17. The van der Waals surface area contributed by atoms with Crippen LogP contribution >= 0.6 is 12.2 Å². The van der Waals surface area contributed by atoms with Crippen molar-refractivity contribution < 1.29 is 121 Å². The minimum absolute atomic E-state index is 0.0518. The zero-order valence-corrected chi connectivity index (χ0v) is 59.7. The number of thiocarbonyl (C=S) groups is 1. The van der Waals surface area contributed by atoms with Crippen molar-refractivity contribution in [1.29, 1.82) is 0 Å². The second-order valence-corrected chi connectivity index (χ2v) is 29.5. The number of carbonyl (C=O) groups excluding carboxylic acids is 1. The molecule has 0 aliphatic heterocycles. The van der Waals surface area contributed by atoms with Crippen molar-refractivity contribution in [2.24, 2.45) is 71.0 Å². The Morgan fingerprint density at radius 1 is 0.330 bits per heavy atom. The predicted octanol–water partition coefficient (Wildman–Crippen LogP) is 26.0. The van der Waals surface area contributed by atoms with Crippen molar-refractivity contribution in [1.82, 2.24) is 0 Å². The van der Waals surface area contributed by atoms with Crippen LogP contribution in [0, 0.1) is 71.0 Å². The van der Waals surface area contributed by atoms with Gasteiger partial charge in [-0.1, -0.05) is 97.8 Å². The first-order chi connectivity index (χ1) is 48.2. The summed E-state index contributed by atoms with van der Waals surface area (Å²) in [5.74, 6) is -4.33. The predicted molar refractivity (Wildman–Crippen MR) is 351 cm³/mol. The van der Waals surface area contributed by atoms with Crippen molar-refractivity contribution >= 4 is 23.2 Å². The lowest BCUT2D eigenvalue weighted by atomic mass is 9.68. The van der Waals surface area contributed by atoms with Crippen LogP contribution in [-0.2, 0) is 41.9 Å². The van der Waals surface area contributed by atoms with E-state index in [2.05, 4.69) is 39.7 Å². The van der Waals surface area contributed by atoms with E-state index in [1.807, 2.05) is 0 Å². The fourth-order valence-corrected chi connectivity index (χ4v) is 17.7. The summed E-state index contributed by atoms with van der Waals surface area (Å²) in [5, 5.41) is -0.0751. The van der Waals surface area contributed by atoms with Gasteiger partial charge < -0.3 is 28.4 Å². The third-order valence-electron chi connectivity index (χ3n) is 22.6. The summed E-state index contributed by atoms with van der Waals surface area (Å²) in [6.45, 7) is 6.56. The van der Waals surface area contributed by atoms with Gasteiger partial charge in [-0.05, 0) is 217 Å². The molecule has 584 valence electrons. The Bertz CT molecular complexity index is 3030. The van der Waals surface area contributed by atoms with E-state index >= 15 is 0 Å². The molecule has 0 N–H and O–H groups in total. The third-order valence-corrected chi connectivity index (χ3v) is 23.1. The Labute approximate surface area is 595 Å². The number of hydrogen-bond acceptors (Lipinski definition) is 8. The van der Waals surface area contributed by atoms with Gasteiger partial charge in [0.2, 0.25) is 0 Å². The van der Waals surface area contributed by atoms with Gasteiger partial charge in [-0.15, -0.1) is 0 Å². The third kappa shape index (κ3) is 22.7. The summed E-state index contributed by atoms with van der Waals surface area (Å²) in [7, 11) is 2.52. The number of rotatable bonds is 19. The van der Waals surface area contributed by atoms with Crippen molar-refractivity contribution in [3.63, 3.8) is 0 Å². The molecule has 0 saturated heterocycles. The second kappa shape index (κ2) is 36.1. The lowest BCUT2D eigenvalue weighted by Gasteiger charge is -2.39. The number of benzene rings is 3. The summed E-state index contributed by atoms with van der Waals surface area (Å²) in [6.07, 6.45) is -8.12. The molecular weight excluding hydrogens is 1420 g/mol. The molecule has 0 aromatic heterocycles. The molecule has 103 heavy (non-hydrogen) atoms. The van der Waals surface area contributed by atoms with Crippen LogP contribution in [0.4, 0.5) is 87.8 Å². The maximum absolute atomic E-state index is 15.0. The minimum Gasteiger partial charge on any atom is -0.496 e. The Morgan fingerprint density at radius 2 is 0.563 bits per heavy atom. The van der Waals surface area contributed by atoms with Gasteiger partial charge in [0.05, 0.1) is 33.2 Å². The van der Waals surface area contributed by atoms with Crippen LogP contribution in [-0.4, -0.2) is 38.5 Å². The normalized spacial score (nSPS) is 26.3. The van der Waals surface area contributed by atoms with Crippen LogP contribution in [0.5, 0.6) is 34.5 Å². The average molecular weight is 1520 g/mol. The molecule has 6 aliphatic rings. The van der Waals surface area contributed by atoms with E-state index in [-0.39, 0.29) is 29.7 Å². The Kier molecular flexibility index (Phi) is 29.9. The highest BCUT2D eigenvalue weighted by molar-refractivity contribution is 7.80. The molecule has 3 aromatic rings. The van der Waals surface area contributed by atoms with E-state index in [0.717, 1.165) is 121 Å². The van der Waals surface area contributed by atoms with Gasteiger partial charge in [0, 0.05) is 5.92 Å². The molecule has 0 amide bonds. The van der Waals surface area contributed by atoms with E-state index in [4.69, 9.17) is 21.7 Å². The topological polar surface area (TPSA) is 72.5 Å². The fourth-order valence-electron chi connectivity index (χ4n) is 17.4. The van der Waals surface area contributed by atoms with E-state index in [1.54, 1.807) is 0 Å². The molecule has 7 nitrogen and oxygen atoms in total. The highest BCUT2D eigenvalue weighted by Gasteiger charge is 2.54. The number of carbonyl (C=O) groups is 1. The number of ether oxygens (including phenoxy) is 6. The van der Waals surface area contributed by atoms with Crippen LogP contribution in [0.2, 0.25) is 0 Å². The number of halogens is 20. The first-order valence-electron chi connectivity index (χ1n) is 36.2. The molecule has 3 aromatic carbocycles. The van der Waals surface area contributed by atoms with E-state index in [9.17, 15) is 92.6 Å². The zero-order chi connectivity index (χ0) is 76.2. The molecule has 6 fully saturated rings. The van der Waals surface area contributed by atoms with Crippen LogP contribution < -0.4 is 28.4 Å². The number of alkyl halides is 20. The standard InChI is InChI=1S/C25H32F8O2.C25H32F6O3.C25H32F6O2S/c1-3-4-15-5-7-16(8-6-15)17-9-11-18(12-10-17)25(32,33)35-20-14-13-19(34-2)21(23(26,27)28)22(20)24(29,30)31;1-3-4-15-5-7-16(8-6-15)17-9-11-18(12-10-17)23(32)34-20-14-13-19(33-2)21(24(26,27)28)22(20)25(29,30)31;1-3-4-15-5-7-16(8-6-15)17-9-11-18(12-10-17)23(34)33-20-14-13-19(32-2)21(24(26,27)28)22(20)25(29,30)31/h13-18H,3-12H2,1-2H3;2*13-18H,3-12H2,1-2H3. The minimum atomic E-state index is -5.58. The van der Waals surface area contributed by atoms with E-state index in [0.29, 0.717) is 80.2 Å². The van der Waals surface area contributed by atoms with Gasteiger partial charge in [0.1, 0.15) is 67.9 Å². The van der Waals surface area contributed by atoms with Crippen LogP contribution in [0.3, 0.4) is 0 Å².